The molecule has 20 heavy (non-hydrogen) atoms. The maximum atomic E-state index is 9.36. The highest BCUT2D eigenvalue weighted by atomic mass is 79.9. The first-order valence-corrected chi connectivity index (χ1v) is 7.69. The average molecular weight is 395 g/mol. The van der Waals surface area contributed by atoms with Crippen molar-refractivity contribution in [3.63, 3.8) is 0 Å². The molecule has 0 unspecified atom stereocenters. The molecule has 2 aromatic carbocycles. The third-order valence-corrected chi connectivity index (χ3v) is 4.83. The van der Waals surface area contributed by atoms with Crippen molar-refractivity contribution in [1.29, 1.82) is 0 Å². The highest BCUT2D eigenvalue weighted by Crippen LogP contribution is 2.39. The third kappa shape index (κ3) is 4.13. The maximum Gasteiger partial charge on any atom is 0.0692 e. The van der Waals surface area contributed by atoms with Gasteiger partial charge in [-0.05, 0) is 29.3 Å². The van der Waals surface area contributed by atoms with Crippen LogP contribution >= 0.6 is 51.7 Å². The Hall–Kier alpha value is -0.230. The minimum atomic E-state index is 0. The largest absolute Gasteiger partial charge is 0.392 e. The van der Waals surface area contributed by atoms with Crippen LogP contribution in [0.1, 0.15) is 11.1 Å². The molecule has 0 aromatic heterocycles. The Morgan fingerprint density at radius 3 is 2.55 bits per heavy atom. The molecule has 0 saturated heterocycles. The van der Waals surface area contributed by atoms with Crippen molar-refractivity contribution in [2.24, 2.45) is 5.73 Å². The quantitative estimate of drug-likeness (QED) is 0.794. The number of aliphatic hydroxyl groups is 1. The molecule has 2 aromatic rings. The third-order valence-electron chi connectivity index (χ3n) is 2.66. The topological polar surface area (TPSA) is 46.2 Å². The molecule has 3 N–H and O–H groups in total. The van der Waals surface area contributed by atoms with E-state index in [-0.39, 0.29) is 19.0 Å². The first-order chi connectivity index (χ1) is 9.15. The van der Waals surface area contributed by atoms with E-state index in [4.69, 9.17) is 17.3 Å². The zero-order valence-electron chi connectivity index (χ0n) is 10.5. The second-order valence-corrected chi connectivity index (χ2v) is 6.32. The van der Waals surface area contributed by atoms with E-state index in [0.717, 1.165) is 25.4 Å². The van der Waals surface area contributed by atoms with Crippen LogP contribution in [0.15, 0.2) is 50.7 Å². The van der Waals surface area contributed by atoms with Crippen LogP contribution in [0.25, 0.3) is 0 Å². The van der Waals surface area contributed by atoms with Crippen molar-refractivity contribution in [1.82, 2.24) is 0 Å². The van der Waals surface area contributed by atoms with E-state index < -0.39 is 0 Å². The van der Waals surface area contributed by atoms with Crippen LogP contribution in [0.2, 0.25) is 5.02 Å². The van der Waals surface area contributed by atoms with Crippen LogP contribution in [0.3, 0.4) is 0 Å². The Labute approximate surface area is 142 Å². The number of rotatable bonds is 4. The van der Waals surface area contributed by atoms with Crippen LogP contribution in [0.5, 0.6) is 0 Å². The summed E-state index contributed by atoms with van der Waals surface area (Å²) in [6.45, 7) is 0.429. The highest BCUT2D eigenvalue weighted by molar-refractivity contribution is 9.10. The van der Waals surface area contributed by atoms with Gasteiger partial charge in [0.05, 0.1) is 11.6 Å². The van der Waals surface area contributed by atoms with Gasteiger partial charge in [-0.1, -0.05) is 57.5 Å². The van der Waals surface area contributed by atoms with Gasteiger partial charge >= 0.3 is 0 Å². The number of nitrogens with two attached hydrogens (primary N) is 1. The number of halogens is 3. The SMILES string of the molecule is Cl.NCc1cc(Br)cc(Cl)c1Sc1ccccc1CO. The Morgan fingerprint density at radius 1 is 1.20 bits per heavy atom. The van der Waals surface area contributed by atoms with Gasteiger partial charge in [0.1, 0.15) is 0 Å². The minimum Gasteiger partial charge on any atom is -0.392 e. The summed E-state index contributed by atoms with van der Waals surface area (Å²) in [5, 5.41) is 10.0. The molecule has 2 rings (SSSR count). The van der Waals surface area contributed by atoms with Crippen molar-refractivity contribution in [2.45, 2.75) is 22.9 Å². The van der Waals surface area contributed by atoms with Gasteiger partial charge in [-0.15, -0.1) is 12.4 Å². The molecule has 108 valence electrons. The van der Waals surface area contributed by atoms with Crippen LogP contribution < -0.4 is 5.73 Å². The maximum absolute atomic E-state index is 9.36. The summed E-state index contributed by atoms with van der Waals surface area (Å²) in [4.78, 5) is 1.93. The molecule has 0 aliphatic carbocycles. The summed E-state index contributed by atoms with van der Waals surface area (Å²) >= 11 is 11.2. The summed E-state index contributed by atoms with van der Waals surface area (Å²) in [6, 6.07) is 11.5. The van der Waals surface area contributed by atoms with Crippen LogP contribution in [0.4, 0.5) is 0 Å². The van der Waals surface area contributed by atoms with Crippen LogP contribution in [-0.4, -0.2) is 5.11 Å². The normalized spacial score (nSPS) is 10.2. The summed E-state index contributed by atoms with van der Waals surface area (Å²) < 4.78 is 0.915. The Morgan fingerprint density at radius 2 is 1.90 bits per heavy atom. The predicted molar refractivity (Wildman–Crippen MR) is 90.8 cm³/mol. The Balaban J connectivity index is 0.00000200. The van der Waals surface area contributed by atoms with Gasteiger partial charge in [0.25, 0.3) is 0 Å². The first-order valence-electron chi connectivity index (χ1n) is 5.70. The molecule has 0 saturated carbocycles. The summed E-state index contributed by atoms with van der Waals surface area (Å²) in [5.41, 5.74) is 7.64. The van der Waals surface area contributed by atoms with E-state index in [1.165, 1.54) is 11.8 Å². The molecule has 0 amide bonds. The van der Waals surface area contributed by atoms with Crippen molar-refractivity contribution in [2.75, 3.05) is 0 Å². The van der Waals surface area contributed by atoms with Gasteiger partial charge in [-0.25, -0.2) is 0 Å². The van der Waals surface area contributed by atoms with E-state index in [2.05, 4.69) is 15.9 Å². The van der Waals surface area contributed by atoms with Crippen molar-refractivity contribution >= 4 is 51.7 Å². The second-order valence-electron chi connectivity index (χ2n) is 3.95. The van der Waals surface area contributed by atoms with Crippen LogP contribution in [-0.2, 0) is 13.2 Å². The van der Waals surface area contributed by atoms with E-state index in [1.807, 2.05) is 36.4 Å². The number of aliphatic hydroxyl groups excluding tert-OH is 1. The lowest BCUT2D eigenvalue weighted by Gasteiger charge is -2.12. The predicted octanol–water partition coefficient (Wildman–Crippen LogP) is 4.63. The van der Waals surface area contributed by atoms with E-state index in [0.29, 0.717) is 11.6 Å². The Kier molecular flexibility index (Phi) is 7.37. The molecule has 0 atom stereocenters. The lowest BCUT2D eigenvalue weighted by molar-refractivity contribution is 0.279. The van der Waals surface area contributed by atoms with Crippen molar-refractivity contribution < 1.29 is 5.11 Å². The van der Waals surface area contributed by atoms with E-state index in [1.54, 1.807) is 0 Å². The van der Waals surface area contributed by atoms with Crippen LogP contribution in [0, 0.1) is 0 Å². The molecule has 0 spiro atoms. The fourth-order valence-corrected chi connectivity index (χ4v) is 3.78. The molecule has 0 heterocycles. The molecule has 0 fully saturated rings. The number of hydrogen-bond donors (Lipinski definition) is 2. The van der Waals surface area contributed by atoms with Gasteiger partial charge in [0, 0.05) is 20.8 Å². The van der Waals surface area contributed by atoms with Crippen molar-refractivity contribution in [3.05, 3.63) is 57.0 Å². The number of hydrogen-bond acceptors (Lipinski definition) is 3. The lowest BCUT2D eigenvalue weighted by atomic mass is 10.2. The molecule has 6 heteroatoms. The standard InChI is InChI=1S/C14H13BrClNOS.ClH/c15-11-5-10(7-17)14(12(16)6-11)19-13-4-2-1-3-9(13)8-18;/h1-6,18H,7-8,17H2;1H. The number of benzene rings is 2. The lowest BCUT2D eigenvalue weighted by Crippen LogP contribution is -1.99. The van der Waals surface area contributed by atoms with Gasteiger partial charge < -0.3 is 10.8 Å². The fourth-order valence-electron chi connectivity index (χ4n) is 1.72. The molecule has 2 nitrogen and oxygen atoms in total. The molecule has 0 radical (unpaired) electrons. The summed E-state index contributed by atoms with van der Waals surface area (Å²) in [7, 11) is 0. The zero-order chi connectivity index (χ0) is 13.8. The molecule has 0 aliphatic rings. The summed E-state index contributed by atoms with van der Waals surface area (Å²) in [5.74, 6) is 0. The molecule has 0 aliphatic heterocycles. The van der Waals surface area contributed by atoms with Gasteiger partial charge in [-0.3, -0.25) is 0 Å². The van der Waals surface area contributed by atoms with Gasteiger partial charge in [0.2, 0.25) is 0 Å². The van der Waals surface area contributed by atoms with Crippen molar-refractivity contribution in [3.8, 4) is 0 Å². The highest BCUT2D eigenvalue weighted by Gasteiger charge is 2.11. The Bertz CT molecular complexity index is 595. The second kappa shape index (κ2) is 8.27. The zero-order valence-corrected chi connectivity index (χ0v) is 14.5. The monoisotopic (exact) mass is 393 g/mol. The average Bonchev–Trinajstić information content (AvgIpc) is 2.42. The van der Waals surface area contributed by atoms with Gasteiger partial charge in [-0.2, -0.15) is 0 Å². The van der Waals surface area contributed by atoms with E-state index >= 15 is 0 Å². The molecule has 0 bridgehead atoms. The minimum absolute atomic E-state index is 0. The first kappa shape index (κ1) is 17.8. The van der Waals surface area contributed by atoms with Gasteiger partial charge in [0.15, 0.2) is 0 Å². The smallest absolute Gasteiger partial charge is 0.0692 e. The summed E-state index contributed by atoms with van der Waals surface area (Å²) in [6.07, 6.45) is 0. The molecular weight excluding hydrogens is 381 g/mol. The van der Waals surface area contributed by atoms with E-state index in [9.17, 15) is 5.11 Å². The molecular formula is C14H14BrCl2NOS. The fraction of sp³-hybridized carbons (Fsp3) is 0.143.